The fourth-order valence-corrected chi connectivity index (χ4v) is 3.67. The Morgan fingerprint density at radius 2 is 2.00 bits per heavy atom. The van der Waals surface area contributed by atoms with E-state index in [2.05, 4.69) is 37.9 Å². The van der Waals surface area contributed by atoms with Crippen molar-refractivity contribution in [3.05, 3.63) is 71.7 Å². The van der Waals surface area contributed by atoms with Crippen molar-refractivity contribution < 1.29 is 14.3 Å². The molecule has 146 valence electrons. The Morgan fingerprint density at radius 1 is 1.17 bits per heavy atom. The van der Waals surface area contributed by atoms with E-state index < -0.39 is 11.9 Å². The SMILES string of the molecule is O=C(NC1COc2cccnc2NC1=O)c1cc(C2(c3ccccc3)CC2)[nH]n1. The molecular weight excluding hydrogens is 370 g/mol. The van der Waals surface area contributed by atoms with Gasteiger partial charge in [0.15, 0.2) is 11.6 Å². The van der Waals surface area contributed by atoms with Crippen LogP contribution in [-0.2, 0) is 10.2 Å². The summed E-state index contributed by atoms with van der Waals surface area (Å²) in [5, 5.41) is 12.6. The summed E-state index contributed by atoms with van der Waals surface area (Å²) in [6, 6.07) is 14.5. The molecule has 3 N–H and O–H groups in total. The van der Waals surface area contributed by atoms with Gasteiger partial charge in [-0.05, 0) is 36.6 Å². The molecule has 3 heterocycles. The molecule has 29 heavy (non-hydrogen) atoms. The van der Waals surface area contributed by atoms with E-state index in [1.807, 2.05) is 18.2 Å². The number of anilines is 1. The molecule has 0 saturated heterocycles. The van der Waals surface area contributed by atoms with Crippen molar-refractivity contribution in [1.29, 1.82) is 0 Å². The summed E-state index contributed by atoms with van der Waals surface area (Å²) >= 11 is 0. The Morgan fingerprint density at radius 3 is 2.79 bits per heavy atom. The van der Waals surface area contributed by atoms with Gasteiger partial charge in [0.25, 0.3) is 11.8 Å². The lowest BCUT2D eigenvalue weighted by molar-refractivity contribution is -0.118. The molecule has 3 aromatic rings. The normalized spacial score (nSPS) is 19.3. The van der Waals surface area contributed by atoms with E-state index in [9.17, 15) is 9.59 Å². The lowest BCUT2D eigenvalue weighted by Gasteiger charge is -2.14. The Balaban J connectivity index is 1.31. The highest BCUT2D eigenvalue weighted by Gasteiger charge is 2.47. The zero-order valence-corrected chi connectivity index (χ0v) is 15.5. The van der Waals surface area contributed by atoms with Crippen LogP contribution in [0.15, 0.2) is 54.7 Å². The second-order valence-corrected chi connectivity index (χ2v) is 7.29. The molecular formula is C21H19N5O3. The molecule has 2 aliphatic rings. The van der Waals surface area contributed by atoms with Crippen LogP contribution in [0.25, 0.3) is 0 Å². The van der Waals surface area contributed by atoms with Crippen LogP contribution in [0.4, 0.5) is 5.82 Å². The number of H-pyrrole nitrogens is 1. The van der Waals surface area contributed by atoms with Crippen molar-refractivity contribution in [2.75, 3.05) is 11.9 Å². The predicted molar refractivity (Wildman–Crippen MR) is 105 cm³/mol. The number of nitrogens with one attached hydrogen (secondary N) is 3. The zero-order valence-electron chi connectivity index (χ0n) is 15.5. The minimum Gasteiger partial charge on any atom is -0.487 e. The molecule has 8 heteroatoms. The van der Waals surface area contributed by atoms with Gasteiger partial charge < -0.3 is 15.4 Å². The summed E-state index contributed by atoms with van der Waals surface area (Å²) in [6.45, 7) is 0.0154. The van der Waals surface area contributed by atoms with Crippen LogP contribution in [0.2, 0.25) is 0 Å². The number of nitrogens with zero attached hydrogens (tertiary/aromatic N) is 2. The Kier molecular flexibility index (Phi) is 4.04. The summed E-state index contributed by atoms with van der Waals surface area (Å²) in [5.74, 6) is 0.00145. The molecule has 1 aromatic carbocycles. The number of rotatable bonds is 4. The fourth-order valence-electron chi connectivity index (χ4n) is 3.67. The number of ether oxygens (including phenoxy) is 1. The van der Waals surface area contributed by atoms with Crippen molar-refractivity contribution in [3.8, 4) is 5.75 Å². The summed E-state index contributed by atoms with van der Waals surface area (Å²) in [6.07, 6.45) is 3.57. The van der Waals surface area contributed by atoms with E-state index in [0.29, 0.717) is 11.6 Å². The van der Waals surface area contributed by atoms with Gasteiger partial charge in [-0.15, -0.1) is 0 Å². The molecule has 1 saturated carbocycles. The topological polar surface area (TPSA) is 109 Å². The number of hydrogen-bond donors (Lipinski definition) is 3. The highest BCUT2D eigenvalue weighted by atomic mass is 16.5. The lowest BCUT2D eigenvalue weighted by atomic mass is 9.92. The van der Waals surface area contributed by atoms with Gasteiger partial charge in [0.1, 0.15) is 18.3 Å². The summed E-state index contributed by atoms with van der Waals surface area (Å²) < 4.78 is 5.61. The molecule has 2 amide bonds. The molecule has 5 rings (SSSR count). The van der Waals surface area contributed by atoms with Crippen molar-refractivity contribution in [1.82, 2.24) is 20.5 Å². The van der Waals surface area contributed by atoms with Gasteiger partial charge in [-0.25, -0.2) is 4.98 Å². The van der Waals surface area contributed by atoms with Gasteiger partial charge in [0.05, 0.1) is 0 Å². The van der Waals surface area contributed by atoms with Crippen molar-refractivity contribution >= 4 is 17.6 Å². The molecule has 0 bridgehead atoms. The first-order valence-electron chi connectivity index (χ1n) is 9.47. The maximum Gasteiger partial charge on any atom is 0.272 e. The number of carbonyl (C=O) groups is 2. The second-order valence-electron chi connectivity index (χ2n) is 7.29. The van der Waals surface area contributed by atoms with Crippen molar-refractivity contribution in [2.45, 2.75) is 24.3 Å². The largest absolute Gasteiger partial charge is 0.487 e. The maximum absolute atomic E-state index is 12.7. The number of pyridine rings is 1. The number of carbonyl (C=O) groups excluding carboxylic acids is 2. The number of hydrogen-bond acceptors (Lipinski definition) is 5. The number of benzene rings is 1. The molecule has 1 unspecified atom stereocenters. The highest BCUT2D eigenvalue weighted by molar-refractivity contribution is 6.01. The average Bonchev–Trinajstić information content (AvgIpc) is 3.44. The third-order valence-electron chi connectivity index (χ3n) is 5.44. The van der Waals surface area contributed by atoms with Gasteiger partial charge >= 0.3 is 0 Å². The van der Waals surface area contributed by atoms with Crippen molar-refractivity contribution in [3.63, 3.8) is 0 Å². The Labute approximate surface area is 166 Å². The minimum absolute atomic E-state index is 0.0154. The second kappa shape index (κ2) is 6.73. The molecule has 1 atom stereocenters. The smallest absolute Gasteiger partial charge is 0.272 e. The molecule has 0 radical (unpaired) electrons. The van der Waals surface area contributed by atoms with E-state index in [0.717, 1.165) is 18.5 Å². The number of aromatic amines is 1. The molecule has 2 aromatic heterocycles. The Bertz CT molecular complexity index is 1070. The van der Waals surface area contributed by atoms with E-state index in [1.54, 1.807) is 24.4 Å². The average molecular weight is 389 g/mol. The minimum atomic E-state index is -0.846. The molecule has 0 spiro atoms. The van der Waals surface area contributed by atoms with E-state index in [-0.39, 0.29) is 23.6 Å². The van der Waals surface area contributed by atoms with Gasteiger partial charge in [-0.3, -0.25) is 14.7 Å². The number of fused-ring (bicyclic) bond motifs is 1. The highest BCUT2D eigenvalue weighted by Crippen LogP contribution is 2.52. The number of amides is 2. The molecule has 1 aliphatic heterocycles. The monoisotopic (exact) mass is 389 g/mol. The zero-order chi connectivity index (χ0) is 19.8. The summed E-state index contributed by atoms with van der Waals surface area (Å²) in [7, 11) is 0. The van der Waals surface area contributed by atoms with Crippen LogP contribution in [-0.4, -0.2) is 39.6 Å². The first-order valence-corrected chi connectivity index (χ1v) is 9.47. The predicted octanol–water partition coefficient (Wildman–Crippen LogP) is 2.01. The van der Waals surface area contributed by atoms with Crippen LogP contribution in [0.5, 0.6) is 5.75 Å². The van der Waals surface area contributed by atoms with Gasteiger partial charge in [-0.2, -0.15) is 5.10 Å². The standard InChI is InChI=1S/C21H19N5O3/c27-19(23-15-12-29-16-7-4-10-22-18(16)24-20(15)28)14-11-17(26-25-14)21(8-9-21)13-5-2-1-3-6-13/h1-7,10-11,15H,8-9,12H2,(H,23,27)(H,25,26)(H,22,24,28). The molecule has 1 aliphatic carbocycles. The number of aromatic nitrogens is 3. The van der Waals surface area contributed by atoms with Crippen LogP contribution < -0.4 is 15.4 Å². The van der Waals surface area contributed by atoms with Gasteiger partial charge in [0.2, 0.25) is 0 Å². The Hall–Kier alpha value is -3.68. The first kappa shape index (κ1) is 17.4. The van der Waals surface area contributed by atoms with Gasteiger partial charge in [0, 0.05) is 17.3 Å². The van der Waals surface area contributed by atoms with Crippen LogP contribution in [0, 0.1) is 0 Å². The van der Waals surface area contributed by atoms with Crippen LogP contribution in [0.1, 0.15) is 34.6 Å². The summed E-state index contributed by atoms with van der Waals surface area (Å²) in [5.41, 5.74) is 2.25. The van der Waals surface area contributed by atoms with E-state index >= 15 is 0 Å². The first-order chi connectivity index (χ1) is 14.2. The molecule has 1 fully saturated rings. The van der Waals surface area contributed by atoms with Crippen LogP contribution in [0.3, 0.4) is 0 Å². The van der Waals surface area contributed by atoms with Crippen LogP contribution >= 0.6 is 0 Å². The summed E-state index contributed by atoms with van der Waals surface area (Å²) in [4.78, 5) is 29.2. The van der Waals surface area contributed by atoms with Gasteiger partial charge in [-0.1, -0.05) is 30.3 Å². The maximum atomic E-state index is 12.7. The molecule has 8 nitrogen and oxygen atoms in total. The lowest BCUT2D eigenvalue weighted by Crippen LogP contribution is -2.46. The van der Waals surface area contributed by atoms with Crippen molar-refractivity contribution in [2.24, 2.45) is 0 Å². The van der Waals surface area contributed by atoms with E-state index in [4.69, 9.17) is 4.74 Å². The quantitative estimate of drug-likeness (QED) is 0.633. The third-order valence-corrected chi connectivity index (χ3v) is 5.44. The fraction of sp³-hybridized carbons (Fsp3) is 0.238. The third kappa shape index (κ3) is 3.12. The van der Waals surface area contributed by atoms with E-state index in [1.165, 1.54) is 5.56 Å².